The van der Waals surface area contributed by atoms with E-state index < -0.39 is 0 Å². The SMILES string of the molecule is CC(C)N(C)CC1CCN(C(=O)CCC2CCNC2)CC1. The first-order valence-electron chi connectivity index (χ1n) is 8.75. The highest BCUT2D eigenvalue weighted by Crippen LogP contribution is 2.21. The van der Waals surface area contributed by atoms with Gasteiger partial charge < -0.3 is 15.1 Å². The molecule has 1 N–H and O–H groups in total. The molecule has 0 aliphatic carbocycles. The Balaban J connectivity index is 1.64. The fourth-order valence-electron chi connectivity index (χ4n) is 3.43. The van der Waals surface area contributed by atoms with Crippen LogP contribution in [0.1, 0.15) is 46.0 Å². The van der Waals surface area contributed by atoms with Gasteiger partial charge in [0.25, 0.3) is 0 Å². The molecule has 0 aromatic carbocycles. The lowest BCUT2D eigenvalue weighted by Gasteiger charge is -2.35. The molecule has 4 nitrogen and oxygen atoms in total. The third-order valence-electron chi connectivity index (χ3n) is 5.32. The van der Waals surface area contributed by atoms with E-state index >= 15 is 0 Å². The van der Waals surface area contributed by atoms with Crippen molar-refractivity contribution in [3.8, 4) is 0 Å². The zero-order chi connectivity index (χ0) is 15.2. The second-order valence-electron chi connectivity index (χ2n) is 7.25. The fraction of sp³-hybridized carbons (Fsp3) is 0.941. The Kier molecular flexibility index (Phi) is 6.49. The van der Waals surface area contributed by atoms with Crippen LogP contribution in [0.25, 0.3) is 0 Å². The highest BCUT2D eigenvalue weighted by molar-refractivity contribution is 5.76. The summed E-state index contributed by atoms with van der Waals surface area (Å²) in [6, 6.07) is 0.615. The van der Waals surface area contributed by atoms with Crippen LogP contribution in [-0.2, 0) is 4.79 Å². The summed E-state index contributed by atoms with van der Waals surface area (Å²) in [5.74, 6) is 1.88. The van der Waals surface area contributed by atoms with E-state index in [2.05, 4.69) is 36.0 Å². The molecular formula is C17H33N3O. The molecule has 0 spiro atoms. The Labute approximate surface area is 130 Å². The summed E-state index contributed by atoms with van der Waals surface area (Å²) in [6.07, 6.45) is 5.42. The van der Waals surface area contributed by atoms with Gasteiger partial charge in [-0.1, -0.05) is 0 Å². The molecule has 0 saturated carbocycles. The molecule has 2 aliphatic rings. The average molecular weight is 295 g/mol. The van der Waals surface area contributed by atoms with E-state index in [-0.39, 0.29) is 0 Å². The van der Waals surface area contributed by atoms with Gasteiger partial charge in [0.05, 0.1) is 0 Å². The van der Waals surface area contributed by atoms with E-state index in [1.165, 1.54) is 25.8 Å². The zero-order valence-corrected chi connectivity index (χ0v) is 14.1. The Morgan fingerprint density at radius 3 is 2.52 bits per heavy atom. The van der Waals surface area contributed by atoms with Gasteiger partial charge in [0, 0.05) is 32.1 Å². The third-order valence-corrected chi connectivity index (χ3v) is 5.32. The quantitative estimate of drug-likeness (QED) is 0.813. The minimum atomic E-state index is 0.387. The Bertz CT molecular complexity index is 318. The topological polar surface area (TPSA) is 35.6 Å². The maximum atomic E-state index is 12.3. The van der Waals surface area contributed by atoms with Crippen molar-refractivity contribution in [1.82, 2.24) is 15.1 Å². The monoisotopic (exact) mass is 295 g/mol. The standard InChI is InChI=1S/C17H33N3O/c1-14(2)19(3)13-16-7-10-20(11-8-16)17(21)5-4-15-6-9-18-12-15/h14-16,18H,4-13H2,1-3H3. The molecule has 2 saturated heterocycles. The summed E-state index contributed by atoms with van der Waals surface area (Å²) >= 11 is 0. The highest BCUT2D eigenvalue weighted by atomic mass is 16.2. The summed E-state index contributed by atoms with van der Waals surface area (Å²) in [5, 5.41) is 3.38. The Morgan fingerprint density at radius 1 is 1.24 bits per heavy atom. The number of amides is 1. The van der Waals surface area contributed by atoms with Crippen LogP contribution in [0, 0.1) is 11.8 Å². The van der Waals surface area contributed by atoms with Gasteiger partial charge in [-0.05, 0) is 71.5 Å². The van der Waals surface area contributed by atoms with E-state index in [1.54, 1.807) is 0 Å². The first kappa shape index (κ1) is 16.8. The number of hydrogen-bond donors (Lipinski definition) is 1. The number of carbonyl (C=O) groups is 1. The van der Waals surface area contributed by atoms with Crippen LogP contribution < -0.4 is 5.32 Å². The highest BCUT2D eigenvalue weighted by Gasteiger charge is 2.24. The van der Waals surface area contributed by atoms with E-state index in [9.17, 15) is 4.79 Å². The Morgan fingerprint density at radius 2 is 1.95 bits per heavy atom. The van der Waals surface area contributed by atoms with Crippen molar-refractivity contribution in [1.29, 1.82) is 0 Å². The van der Waals surface area contributed by atoms with E-state index in [0.717, 1.165) is 50.9 Å². The summed E-state index contributed by atoms with van der Waals surface area (Å²) in [6.45, 7) is 9.85. The molecule has 2 heterocycles. The number of piperidine rings is 1. The zero-order valence-electron chi connectivity index (χ0n) is 14.1. The van der Waals surface area contributed by atoms with Crippen LogP contribution in [0.15, 0.2) is 0 Å². The largest absolute Gasteiger partial charge is 0.343 e. The first-order valence-corrected chi connectivity index (χ1v) is 8.75. The van der Waals surface area contributed by atoms with E-state index in [1.807, 2.05) is 0 Å². The van der Waals surface area contributed by atoms with Crippen molar-refractivity contribution >= 4 is 5.91 Å². The van der Waals surface area contributed by atoms with Crippen molar-refractivity contribution < 1.29 is 4.79 Å². The van der Waals surface area contributed by atoms with Crippen LogP contribution in [0.3, 0.4) is 0 Å². The van der Waals surface area contributed by atoms with Gasteiger partial charge in [-0.2, -0.15) is 0 Å². The second-order valence-corrected chi connectivity index (χ2v) is 7.25. The van der Waals surface area contributed by atoms with Crippen molar-refractivity contribution in [2.45, 2.75) is 52.0 Å². The molecule has 4 heteroatoms. The summed E-state index contributed by atoms with van der Waals surface area (Å²) < 4.78 is 0. The van der Waals surface area contributed by atoms with Gasteiger partial charge in [0.15, 0.2) is 0 Å². The number of likely N-dealkylation sites (tertiary alicyclic amines) is 1. The maximum Gasteiger partial charge on any atom is 0.222 e. The predicted octanol–water partition coefficient (Wildman–Crippen LogP) is 1.95. The van der Waals surface area contributed by atoms with Gasteiger partial charge in [0.1, 0.15) is 0 Å². The predicted molar refractivity (Wildman–Crippen MR) is 87.3 cm³/mol. The van der Waals surface area contributed by atoms with Gasteiger partial charge in [-0.15, -0.1) is 0 Å². The molecule has 21 heavy (non-hydrogen) atoms. The molecule has 0 aromatic rings. The summed E-state index contributed by atoms with van der Waals surface area (Å²) in [4.78, 5) is 16.8. The number of hydrogen-bond acceptors (Lipinski definition) is 3. The number of rotatable bonds is 6. The molecule has 1 unspecified atom stereocenters. The average Bonchev–Trinajstić information content (AvgIpc) is 2.98. The van der Waals surface area contributed by atoms with Crippen LogP contribution in [0.4, 0.5) is 0 Å². The van der Waals surface area contributed by atoms with E-state index in [4.69, 9.17) is 0 Å². The molecule has 0 radical (unpaired) electrons. The molecular weight excluding hydrogens is 262 g/mol. The van der Waals surface area contributed by atoms with Crippen LogP contribution in [0.2, 0.25) is 0 Å². The van der Waals surface area contributed by atoms with Crippen molar-refractivity contribution in [2.75, 3.05) is 39.8 Å². The van der Waals surface area contributed by atoms with Gasteiger partial charge in [0.2, 0.25) is 5.91 Å². The molecule has 0 aromatic heterocycles. The third kappa shape index (κ3) is 5.26. The normalized spacial score (nSPS) is 24.2. The van der Waals surface area contributed by atoms with Gasteiger partial charge in [-0.25, -0.2) is 0 Å². The van der Waals surface area contributed by atoms with Crippen LogP contribution in [-0.4, -0.2) is 61.5 Å². The fourth-order valence-corrected chi connectivity index (χ4v) is 3.43. The second kappa shape index (κ2) is 8.14. The molecule has 1 atom stereocenters. The molecule has 2 aliphatic heterocycles. The molecule has 0 bridgehead atoms. The van der Waals surface area contributed by atoms with Crippen molar-refractivity contribution in [3.63, 3.8) is 0 Å². The minimum Gasteiger partial charge on any atom is -0.343 e. The molecule has 122 valence electrons. The van der Waals surface area contributed by atoms with Crippen LogP contribution >= 0.6 is 0 Å². The molecule has 1 amide bonds. The molecule has 2 fully saturated rings. The lowest BCUT2D eigenvalue weighted by Crippen LogP contribution is -2.42. The summed E-state index contributed by atoms with van der Waals surface area (Å²) in [5.41, 5.74) is 0. The molecule has 2 rings (SSSR count). The number of nitrogens with zero attached hydrogens (tertiary/aromatic N) is 2. The lowest BCUT2D eigenvalue weighted by molar-refractivity contribution is -0.133. The minimum absolute atomic E-state index is 0.387. The number of nitrogens with one attached hydrogen (secondary N) is 1. The number of carbonyl (C=O) groups excluding carboxylic acids is 1. The first-order chi connectivity index (χ1) is 10.1. The van der Waals surface area contributed by atoms with Crippen molar-refractivity contribution in [3.05, 3.63) is 0 Å². The van der Waals surface area contributed by atoms with Crippen LogP contribution in [0.5, 0.6) is 0 Å². The van der Waals surface area contributed by atoms with Gasteiger partial charge in [-0.3, -0.25) is 4.79 Å². The lowest BCUT2D eigenvalue weighted by atomic mass is 9.95. The van der Waals surface area contributed by atoms with Crippen molar-refractivity contribution in [2.24, 2.45) is 11.8 Å². The van der Waals surface area contributed by atoms with Gasteiger partial charge >= 0.3 is 0 Å². The Hall–Kier alpha value is -0.610. The smallest absolute Gasteiger partial charge is 0.222 e. The summed E-state index contributed by atoms with van der Waals surface area (Å²) in [7, 11) is 2.21. The maximum absolute atomic E-state index is 12.3. The van der Waals surface area contributed by atoms with E-state index in [0.29, 0.717) is 11.9 Å².